The Kier molecular flexibility index (Phi) is 1.97. The van der Waals surface area contributed by atoms with E-state index in [4.69, 9.17) is 5.26 Å². The minimum absolute atomic E-state index is 0.298. The lowest BCUT2D eigenvalue weighted by Gasteiger charge is -2.18. The molecule has 2 aliphatic rings. The van der Waals surface area contributed by atoms with E-state index < -0.39 is 0 Å². The van der Waals surface area contributed by atoms with E-state index in [-0.39, 0.29) is 0 Å². The van der Waals surface area contributed by atoms with Crippen molar-refractivity contribution in [2.75, 3.05) is 6.54 Å². The van der Waals surface area contributed by atoms with Crippen molar-refractivity contribution in [3.8, 4) is 6.07 Å². The number of hydrogen-bond donors (Lipinski definition) is 0. The second-order valence-corrected chi connectivity index (χ2v) is 4.63. The van der Waals surface area contributed by atoms with E-state index in [2.05, 4.69) is 6.07 Å². The van der Waals surface area contributed by atoms with Crippen LogP contribution in [0.2, 0.25) is 0 Å². The highest BCUT2D eigenvalue weighted by atomic mass is 16.2. The van der Waals surface area contributed by atoms with Crippen LogP contribution in [0, 0.1) is 23.2 Å². The van der Waals surface area contributed by atoms with Crippen molar-refractivity contribution >= 4 is 5.91 Å². The Labute approximate surface area is 94.3 Å². The average Bonchev–Trinajstić information content (AvgIpc) is 3.01. The third kappa shape index (κ3) is 1.47. The first-order chi connectivity index (χ1) is 7.78. The molecule has 1 saturated carbocycles. The fourth-order valence-corrected chi connectivity index (χ4v) is 2.46. The Morgan fingerprint density at radius 2 is 2.38 bits per heavy atom. The van der Waals surface area contributed by atoms with Crippen molar-refractivity contribution in [2.45, 2.75) is 13.0 Å². The van der Waals surface area contributed by atoms with Crippen molar-refractivity contribution in [3.05, 3.63) is 35.4 Å². The minimum Gasteiger partial charge on any atom is -0.338 e. The summed E-state index contributed by atoms with van der Waals surface area (Å²) in [5, 5.41) is 8.79. The minimum atomic E-state index is 0.298. The van der Waals surface area contributed by atoms with Crippen molar-refractivity contribution in [2.24, 2.45) is 11.8 Å². The molecule has 1 aromatic carbocycles. The van der Waals surface area contributed by atoms with Gasteiger partial charge in [0.15, 0.2) is 0 Å². The molecule has 3 nitrogen and oxygen atoms in total. The standard InChI is InChI=1S/C13H12N2O/c14-6-9-2-1-3-10(4-9)7-15-8-11-5-12(11)13(15)16/h1-4,11-12H,5,7-8H2. The van der Waals surface area contributed by atoms with Crippen LogP contribution in [-0.4, -0.2) is 17.4 Å². The van der Waals surface area contributed by atoms with Gasteiger partial charge in [0.25, 0.3) is 0 Å². The number of likely N-dealkylation sites (tertiary alicyclic amines) is 1. The number of fused-ring (bicyclic) bond motifs is 1. The van der Waals surface area contributed by atoms with Gasteiger partial charge in [-0.3, -0.25) is 4.79 Å². The number of benzene rings is 1. The summed E-state index contributed by atoms with van der Waals surface area (Å²) < 4.78 is 0. The monoisotopic (exact) mass is 212 g/mol. The molecule has 3 heteroatoms. The molecule has 0 radical (unpaired) electrons. The van der Waals surface area contributed by atoms with Crippen LogP contribution in [0.15, 0.2) is 24.3 Å². The molecule has 16 heavy (non-hydrogen) atoms. The molecule has 2 fully saturated rings. The van der Waals surface area contributed by atoms with Crippen LogP contribution < -0.4 is 0 Å². The summed E-state index contributed by atoms with van der Waals surface area (Å²) >= 11 is 0. The molecule has 2 atom stereocenters. The molecule has 0 N–H and O–H groups in total. The fraction of sp³-hybridized carbons (Fsp3) is 0.385. The normalized spacial score (nSPS) is 26.4. The molecular formula is C13H12N2O. The molecule has 1 amide bonds. The largest absolute Gasteiger partial charge is 0.338 e. The van der Waals surface area contributed by atoms with Crippen LogP contribution in [-0.2, 0) is 11.3 Å². The molecule has 0 spiro atoms. The number of amides is 1. The number of piperidine rings is 1. The first-order valence-corrected chi connectivity index (χ1v) is 5.56. The Balaban J connectivity index is 1.75. The number of nitrogens with zero attached hydrogens (tertiary/aromatic N) is 2. The number of carbonyl (C=O) groups excluding carboxylic acids is 1. The van der Waals surface area contributed by atoms with Crippen LogP contribution in [0.4, 0.5) is 0 Å². The lowest BCUT2D eigenvalue weighted by atomic mass is 10.1. The van der Waals surface area contributed by atoms with Gasteiger partial charge in [-0.25, -0.2) is 0 Å². The number of rotatable bonds is 2. The second kappa shape index (κ2) is 3.34. The van der Waals surface area contributed by atoms with E-state index in [9.17, 15) is 4.79 Å². The van der Waals surface area contributed by atoms with Gasteiger partial charge < -0.3 is 4.90 Å². The predicted octanol–water partition coefficient (Wildman–Crippen LogP) is 1.54. The lowest BCUT2D eigenvalue weighted by molar-refractivity contribution is -0.130. The molecular weight excluding hydrogens is 200 g/mol. The molecule has 0 aromatic heterocycles. The van der Waals surface area contributed by atoms with Gasteiger partial charge in [0.05, 0.1) is 11.6 Å². The molecule has 1 aliphatic carbocycles. The summed E-state index contributed by atoms with van der Waals surface area (Å²) in [6.45, 7) is 1.56. The third-order valence-corrected chi connectivity index (χ3v) is 3.44. The molecule has 2 unspecified atom stereocenters. The quantitative estimate of drug-likeness (QED) is 0.746. The molecule has 1 aromatic rings. The topological polar surface area (TPSA) is 44.1 Å². The molecule has 3 rings (SSSR count). The molecule has 1 heterocycles. The van der Waals surface area contributed by atoms with Crippen LogP contribution in [0.3, 0.4) is 0 Å². The van der Waals surface area contributed by atoms with Gasteiger partial charge in [0.1, 0.15) is 0 Å². The summed E-state index contributed by atoms with van der Waals surface area (Å²) in [4.78, 5) is 13.7. The third-order valence-electron chi connectivity index (χ3n) is 3.44. The zero-order valence-electron chi connectivity index (χ0n) is 8.89. The van der Waals surface area contributed by atoms with Crippen molar-refractivity contribution < 1.29 is 4.79 Å². The van der Waals surface area contributed by atoms with Gasteiger partial charge in [-0.15, -0.1) is 0 Å². The number of nitriles is 1. The summed E-state index contributed by atoms with van der Waals surface area (Å²) in [5.74, 6) is 1.23. The van der Waals surface area contributed by atoms with Crippen LogP contribution in [0.5, 0.6) is 0 Å². The summed E-state index contributed by atoms with van der Waals surface area (Å²) in [6, 6.07) is 9.60. The van der Waals surface area contributed by atoms with E-state index in [1.807, 2.05) is 23.1 Å². The van der Waals surface area contributed by atoms with Crippen LogP contribution in [0.25, 0.3) is 0 Å². The summed E-state index contributed by atoms with van der Waals surface area (Å²) in [6.07, 6.45) is 1.09. The molecule has 1 aliphatic heterocycles. The maximum Gasteiger partial charge on any atom is 0.226 e. The predicted molar refractivity (Wildman–Crippen MR) is 58.2 cm³/mol. The van der Waals surface area contributed by atoms with Gasteiger partial charge in [-0.1, -0.05) is 12.1 Å². The van der Waals surface area contributed by atoms with Gasteiger partial charge >= 0.3 is 0 Å². The first kappa shape index (κ1) is 9.41. The van der Waals surface area contributed by atoms with Gasteiger partial charge in [0, 0.05) is 19.0 Å². The van der Waals surface area contributed by atoms with Crippen molar-refractivity contribution in [3.63, 3.8) is 0 Å². The van der Waals surface area contributed by atoms with Crippen LogP contribution >= 0.6 is 0 Å². The Bertz CT molecular complexity index is 489. The van der Waals surface area contributed by atoms with E-state index in [0.717, 1.165) is 18.5 Å². The van der Waals surface area contributed by atoms with E-state index in [1.54, 1.807) is 6.07 Å². The second-order valence-electron chi connectivity index (χ2n) is 4.63. The van der Waals surface area contributed by atoms with E-state index >= 15 is 0 Å². The highest BCUT2D eigenvalue weighted by Crippen LogP contribution is 2.46. The zero-order chi connectivity index (χ0) is 11.1. The maximum atomic E-state index is 11.8. The fourth-order valence-electron chi connectivity index (χ4n) is 2.46. The van der Waals surface area contributed by atoms with Crippen molar-refractivity contribution in [1.29, 1.82) is 5.26 Å². The van der Waals surface area contributed by atoms with Crippen LogP contribution in [0.1, 0.15) is 17.5 Å². The smallest absolute Gasteiger partial charge is 0.226 e. The van der Waals surface area contributed by atoms with Gasteiger partial charge in [-0.05, 0) is 30.0 Å². The summed E-state index contributed by atoms with van der Waals surface area (Å²) in [5.41, 5.74) is 1.71. The Morgan fingerprint density at radius 1 is 1.50 bits per heavy atom. The molecule has 1 saturated heterocycles. The Morgan fingerprint density at radius 3 is 3.06 bits per heavy atom. The molecule has 80 valence electrons. The highest BCUT2D eigenvalue weighted by molar-refractivity contribution is 5.84. The first-order valence-electron chi connectivity index (χ1n) is 5.56. The SMILES string of the molecule is N#Cc1cccc(CN2CC3CC3C2=O)c1. The van der Waals surface area contributed by atoms with Crippen molar-refractivity contribution in [1.82, 2.24) is 4.90 Å². The zero-order valence-corrected chi connectivity index (χ0v) is 8.89. The number of hydrogen-bond acceptors (Lipinski definition) is 2. The number of carbonyl (C=O) groups is 1. The summed E-state index contributed by atoms with van der Waals surface area (Å²) in [7, 11) is 0. The van der Waals surface area contributed by atoms with E-state index in [0.29, 0.717) is 29.9 Å². The molecule has 0 bridgehead atoms. The van der Waals surface area contributed by atoms with E-state index in [1.165, 1.54) is 0 Å². The maximum absolute atomic E-state index is 11.8. The highest BCUT2D eigenvalue weighted by Gasteiger charge is 2.51. The Hall–Kier alpha value is -1.82. The van der Waals surface area contributed by atoms with Gasteiger partial charge in [-0.2, -0.15) is 5.26 Å². The lowest BCUT2D eigenvalue weighted by Crippen LogP contribution is -2.27. The average molecular weight is 212 g/mol. The van der Waals surface area contributed by atoms with Gasteiger partial charge in [0.2, 0.25) is 5.91 Å².